The number of fused-ring (bicyclic) bond motifs is 1. The summed E-state index contributed by atoms with van der Waals surface area (Å²) in [5.74, 6) is 0.999. The zero-order chi connectivity index (χ0) is 16.9. The number of nitrogens with one attached hydrogen (secondary N) is 2. The number of nitrogen functional groups attached to an aromatic ring is 1. The Morgan fingerprint density at radius 2 is 2.21 bits per heavy atom. The minimum absolute atomic E-state index is 0.160. The molecule has 4 N–H and O–H groups in total. The highest BCUT2D eigenvalue weighted by atomic mass is 32.2. The minimum atomic E-state index is -0.160. The van der Waals surface area contributed by atoms with Gasteiger partial charge in [-0.05, 0) is 19.1 Å². The number of rotatable bonds is 6. The molecule has 24 heavy (non-hydrogen) atoms. The van der Waals surface area contributed by atoms with Gasteiger partial charge in [-0.2, -0.15) is 0 Å². The van der Waals surface area contributed by atoms with Crippen LogP contribution in [-0.2, 0) is 4.79 Å². The lowest BCUT2D eigenvalue weighted by atomic mass is 10.3. The number of thioether (sulfide) groups is 1. The number of carbonyl (C=O) groups excluding carboxylic acids is 1. The van der Waals surface area contributed by atoms with Crippen molar-refractivity contribution in [2.45, 2.75) is 12.1 Å². The van der Waals surface area contributed by atoms with Gasteiger partial charge in [0.1, 0.15) is 17.6 Å². The van der Waals surface area contributed by atoms with Gasteiger partial charge >= 0.3 is 0 Å². The first-order valence-corrected chi connectivity index (χ1v) is 8.26. The molecule has 8 nitrogen and oxygen atoms in total. The van der Waals surface area contributed by atoms with Crippen LogP contribution in [0.1, 0.15) is 6.92 Å². The van der Waals surface area contributed by atoms with Crippen molar-refractivity contribution in [3.63, 3.8) is 0 Å². The van der Waals surface area contributed by atoms with Crippen molar-refractivity contribution in [2.24, 2.45) is 0 Å². The van der Waals surface area contributed by atoms with E-state index in [9.17, 15) is 4.79 Å². The number of para-hydroxylation sites is 2. The summed E-state index contributed by atoms with van der Waals surface area (Å²) in [5, 5.41) is 3.39. The van der Waals surface area contributed by atoms with Gasteiger partial charge in [-0.25, -0.2) is 15.0 Å². The van der Waals surface area contributed by atoms with Gasteiger partial charge in [-0.1, -0.05) is 23.9 Å². The smallest absolute Gasteiger partial charge is 0.234 e. The molecule has 0 unspecified atom stereocenters. The van der Waals surface area contributed by atoms with Gasteiger partial charge < -0.3 is 20.8 Å². The fourth-order valence-electron chi connectivity index (χ4n) is 2.07. The fraction of sp³-hybridized carbons (Fsp3) is 0.200. The van der Waals surface area contributed by atoms with Crippen LogP contribution in [0.3, 0.4) is 0 Å². The van der Waals surface area contributed by atoms with E-state index in [1.807, 2.05) is 25.1 Å². The average Bonchev–Trinajstić information content (AvgIpc) is 3.00. The molecular weight excluding hydrogens is 328 g/mol. The molecule has 0 atom stereocenters. The normalized spacial score (nSPS) is 10.7. The van der Waals surface area contributed by atoms with Gasteiger partial charge in [0.05, 0.1) is 18.0 Å². The van der Waals surface area contributed by atoms with E-state index in [1.54, 1.807) is 6.07 Å². The van der Waals surface area contributed by atoms with Crippen LogP contribution in [0.2, 0.25) is 0 Å². The Morgan fingerprint density at radius 1 is 1.38 bits per heavy atom. The first kappa shape index (κ1) is 16.1. The molecule has 0 fully saturated rings. The van der Waals surface area contributed by atoms with Crippen LogP contribution in [0.15, 0.2) is 35.7 Å². The summed E-state index contributed by atoms with van der Waals surface area (Å²) in [4.78, 5) is 27.3. The van der Waals surface area contributed by atoms with E-state index in [4.69, 9.17) is 10.5 Å². The molecule has 1 aromatic carbocycles. The number of aromatic amines is 1. The molecule has 124 valence electrons. The van der Waals surface area contributed by atoms with Gasteiger partial charge in [0.2, 0.25) is 5.91 Å². The Kier molecular flexibility index (Phi) is 4.80. The molecule has 0 aliphatic rings. The summed E-state index contributed by atoms with van der Waals surface area (Å²) in [7, 11) is 0. The predicted octanol–water partition coefficient (Wildman–Crippen LogP) is 2.06. The minimum Gasteiger partial charge on any atom is -0.492 e. The van der Waals surface area contributed by atoms with Crippen molar-refractivity contribution >= 4 is 40.3 Å². The number of hydrogen-bond donors (Lipinski definition) is 3. The van der Waals surface area contributed by atoms with Crippen LogP contribution in [-0.4, -0.2) is 38.2 Å². The molecule has 0 aliphatic heterocycles. The molecule has 0 radical (unpaired) electrons. The lowest BCUT2D eigenvalue weighted by Gasteiger charge is -2.10. The van der Waals surface area contributed by atoms with Crippen LogP contribution in [0.25, 0.3) is 11.2 Å². The third kappa shape index (κ3) is 3.57. The van der Waals surface area contributed by atoms with Gasteiger partial charge in [0.15, 0.2) is 16.6 Å². The predicted molar refractivity (Wildman–Crippen MR) is 93.1 cm³/mol. The van der Waals surface area contributed by atoms with Gasteiger partial charge in [-0.15, -0.1) is 0 Å². The van der Waals surface area contributed by atoms with E-state index in [0.717, 1.165) is 0 Å². The third-order valence-electron chi connectivity index (χ3n) is 3.10. The number of imidazole rings is 1. The van der Waals surface area contributed by atoms with Crippen LogP contribution in [0.4, 0.5) is 11.5 Å². The van der Waals surface area contributed by atoms with Gasteiger partial charge in [0, 0.05) is 0 Å². The lowest BCUT2D eigenvalue weighted by molar-refractivity contribution is -0.113. The molecule has 0 spiro atoms. The van der Waals surface area contributed by atoms with Crippen molar-refractivity contribution in [3.8, 4) is 5.75 Å². The van der Waals surface area contributed by atoms with E-state index in [1.165, 1.54) is 18.1 Å². The van der Waals surface area contributed by atoms with E-state index in [0.29, 0.717) is 40.2 Å². The van der Waals surface area contributed by atoms with Gasteiger partial charge in [-0.3, -0.25) is 4.79 Å². The molecule has 3 aromatic rings. The van der Waals surface area contributed by atoms with Crippen LogP contribution < -0.4 is 15.8 Å². The Labute approximate surface area is 142 Å². The number of amides is 1. The maximum atomic E-state index is 12.1. The molecule has 9 heteroatoms. The number of ether oxygens (including phenoxy) is 1. The van der Waals surface area contributed by atoms with Crippen LogP contribution in [0, 0.1) is 0 Å². The molecule has 1 amide bonds. The van der Waals surface area contributed by atoms with Crippen molar-refractivity contribution in [2.75, 3.05) is 23.4 Å². The number of anilines is 2. The molecule has 0 saturated heterocycles. The summed E-state index contributed by atoms with van der Waals surface area (Å²) in [6.45, 7) is 2.42. The standard InChI is InChI=1S/C15H16N6O2S/c1-2-23-10-6-4-3-5-9(10)19-11(22)7-24-15-20-12-13(16)17-8-18-14(12)21-15/h3-6,8H,2,7H2,1H3,(H,19,22)(H3,16,17,18,20,21). The second-order valence-corrected chi connectivity index (χ2v) is 5.73. The second-order valence-electron chi connectivity index (χ2n) is 4.77. The Hall–Kier alpha value is -2.81. The first-order chi connectivity index (χ1) is 11.7. The Morgan fingerprint density at radius 3 is 3.00 bits per heavy atom. The SMILES string of the molecule is CCOc1ccccc1NC(=O)CSc1nc2ncnc(N)c2[nH]1. The topological polar surface area (TPSA) is 119 Å². The number of aromatic nitrogens is 4. The van der Waals surface area contributed by atoms with E-state index >= 15 is 0 Å². The van der Waals surface area contributed by atoms with E-state index in [-0.39, 0.29) is 11.7 Å². The monoisotopic (exact) mass is 344 g/mol. The zero-order valence-electron chi connectivity index (χ0n) is 12.9. The highest BCUT2D eigenvalue weighted by Crippen LogP contribution is 2.25. The largest absolute Gasteiger partial charge is 0.492 e. The van der Waals surface area contributed by atoms with E-state index in [2.05, 4.69) is 25.3 Å². The van der Waals surface area contributed by atoms with Crippen molar-refractivity contribution < 1.29 is 9.53 Å². The maximum absolute atomic E-state index is 12.1. The highest BCUT2D eigenvalue weighted by molar-refractivity contribution is 7.99. The maximum Gasteiger partial charge on any atom is 0.234 e. The molecule has 3 rings (SSSR count). The number of benzene rings is 1. The summed E-state index contributed by atoms with van der Waals surface area (Å²) in [6, 6.07) is 7.30. The number of nitrogens with two attached hydrogens (primary N) is 1. The van der Waals surface area contributed by atoms with Crippen molar-refractivity contribution in [1.82, 2.24) is 19.9 Å². The third-order valence-corrected chi connectivity index (χ3v) is 3.97. The Balaban J connectivity index is 1.64. The zero-order valence-corrected chi connectivity index (χ0v) is 13.8. The number of H-pyrrole nitrogens is 1. The van der Waals surface area contributed by atoms with Gasteiger partial charge in [0.25, 0.3) is 0 Å². The number of carbonyl (C=O) groups is 1. The summed E-state index contributed by atoms with van der Waals surface area (Å²) < 4.78 is 5.48. The van der Waals surface area contributed by atoms with E-state index < -0.39 is 0 Å². The fourth-order valence-corrected chi connectivity index (χ4v) is 2.73. The lowest BCUT2D eigenvalue weighted by Crippen LogP contribution is -2.15. The first-order valence-electron chi connectivity index (χ1n) is 7.28. The molecule has 0 aliphatic carbocycles. The highest BCUT2D eigenvalue weighted by Gasteiger charge is 2.11. The van der Waals surface area contributed by atoms with Crippen LogP contribution >= 0.6 is 11.8 Å². The second kappa shape index (κ2) is 7.18. The Bertz CT molecular complexity index is 866. The molecule has 2 heterocycles. The van der Waals surface area contributed by atoms with Crippen molar-refractivity contribution in [3.05, 3.63) is 30.6 Å². The molecule has 2 aromatic heterocycles. The molecule has 0 saturated carbocycles. The summed E-state index contributed by atoms with van der Waals surface area (Å²) in [6.07, 6.45) is 1.35. The summed E-state index contributed by atoms with van der Waals surface area (Å²) in [5.41, 5.74) is 7.44. The number of nitrogens with zero attached hydrogens (tertiary/aromatic N) is 3. The summed E-state index contributed by atoms with van der Waals surface area (Å²) >= 11 is 1.26. The molecule has 0 bridgehead atoms. The average molecular weight is 344 g/mol. The quantitative estimate of drug-likeness (QED) is 0.586. The molecular formula is C15H16N6O2S. The van der Waals surface area contributed by atoms with Crippen LogP contribution in [0.5, 0.6) is 5.75 Å². The number of hydrogen-bond acceptors (Lipinski definition) is 7. The van der Waals surface area contributed by atoms with Crippen molar-refractivity contribution in [1.29, 1.82) is 0 Å².